The zero-order valence-corrected chi connectivity index (χ0v) is 12.0. The van der Waals surface area contributed by atoms with E-state index in [2.05, 4.69) is 20.2 Å². The van der Waals surface area contributed by atoms with E-state index >= 15 is 0 Å². The molecule has 0 amide bonds. The zero-order valence-electron chi connectivity index (χ0n) is 11.3. The summed E-state index contributed by atoms with van der Waals surface area (Å²) in [7, 11) is 0. The van der Waals surface area contributed by atoms with Crippen LogP contribution in [-0.2, 0) is 6.42 Å². The van der Waals surface area contributed by atoms with Gasteiger partial charge in [-0.3, -0.25) is 5.10 Å². The first-order chi connectivity index (χ1) is 10.3. The van der Waals surface area contributed by atoms with Gasteiger partial charge in [-0.2, -0.15) is 5.10 Å². The molecule has 0 unspecified atom stereocenters. The lowest BCUT2D eigenvalue weighted by atomic mass is 10.0. The molecule has 0 aliphatic carbocycles. The number of aromatic nitrogens is 4. The van der Waals surface area contributed by atoms with Gasteiger partial charge in [0.05, 0.1) is 5.69 Å². The highest BCUT2D eigenvalue weighted by molar-refractivity contribution is 6.30. The molecule has 106 valence electrons. The van der Waals surface area contributed by atoms with Crippen LogP contribution < -0.4 is 5.73 Å². The molecule has 0 saturated heterocycles. The molecule has 2 aromatic heterocycles. The van der Waals surface area contributed by atoms with Crippen molar-refractivity contribution in [1.82, 2.24) is 20.2 Å². The van der Waals surface area contributed by atoms with Gasteiger partial charge in [-0.25, -0.2) is 9.97 Å². The third-order valence-electron chi connectivity index (χ3n) is 3.19. The summed E-state index contributed by atoms with van der Waals surface area (Å²) in [5, 5.41) is 8.18. The smallest absolute Gasteiger partial charge is 0.116 e. The number of hydrogen-bond acceptors (Lipinski definition) is 4. The minimum absolute atomic E-state index is 0.542. The molecule has 0 spiro atoms. The van der Waals surface area contributed by atoms with Crippen molar-refractivity contribution in [2.45, 2.75) is 6.42 Å². The lowest BCUT2D eigenvalue weighted by Gasteiger charge is -2.05. The van der Waals surface area contributed by atoms with Crippen LogP contribution in [0.4, 0.5) is 0 Å². The van der Waals surface area contributed by atoms with Gasteiger partial charge in [-0.15, -0.1) is 0 Å². The van der Waals surface area contributed by atoms with Crippen molar-refractivity contribution in [3.63, 3.8) is 0 Å². The second-order valence-corrected chi connectivity index (χ2v) is 5.00. The maximum absolute atomic E-state index is 5.95. The second kappa shape index (κ2) is 6.03. The molecular weight excluding hydrogens is 286 g/mol. The molecule has 0 saturated carbocycles. The number of benzene rings is 1. The maximum Gasteiger partial charge on any atom is 0.116 e. The monoisotopic (exact) mass is 299 g/mol. The standard InChI is InChI=1S/C15H14ClN5/c16-11-3-1-10(2-4-11)15-14(12-6-8-18-9-19-12)13(5-7-17)20-21-15/h1-4,6,8-9H,5,7,17H2,(H,20,21). The number of aromatic amines is 1. The highest BCUT2D eigenvalue weighted by Crippen LogP contribution is 2.32. The Morgan fingerprint density at radius 3 is 2.62 bits per heavy atom. The zero-order chi connectivity index (χ0) is 14.7. The van der Waals surface area contributed by atoms with Gasteiger partial charge in [0.1, 0.15) is 12.0 Å². The maximum atomic E-state index is 5.95. The first-order valence-electron chi connectivity index (χ1n) is 6.59. The summed E-state index contributed by atoms with van der Waals surface area (Å²) in [4.78, 5) is 8.29. The molecule has 0 radical (unpaired) electrons. The quantitative estimate of drug-likeness (QED) is 0.776. The van der Waals surface area contributed by atoms with Gasteiger partial charge in [0.15, 0.2) is 0 Å². The van der Waals surface area contributed by atoms with Crippen LogP contribution in [0.15, 0.2) is 42.9 Å². The summed E-state index contributed by atoms with van der Waals surface area (Å²) in [6.07, 6.45) is 3.95. The number of hydrogen-bond donors (Lipinski definition) is 2. The second-order valence-electron chi connectivity index (χ2n) is 4.57. The van der Waals surface area contributed by atoms with E-state index < -0.39 is 0 Å². The van der Waals surface area contributed by atoms with Gasteiger partial charge in [0, 0.05) is 34.5 Å². The average Bonchev–Trinajstić information content (AvgIpc) is 2.93. The van der Waals surface area contributed by atoms with E-state index in [1.54, 1.807) is 6.20 Å². The van der Waals surface area contributed by atoms with Crippen LogP contribution in [0.25, 0.3) is 22.5 Å². The summed E-state index contributed by atoms with van der Waals surface area (Å²) < 4.78 is 0. The fourth-order valence-electron chi connectivity index (χ4n) is 2.23. The summed E-state index contributed by atoms with van der Waals surface area (Å²) in [5.41, 5.74) is 10.3. The number of H-pyrrole nitrogens is 1. The Labute approximate surface area is 127 Å². The first-order valence-corrected chi connectivity index (χ1v) is 6.97. The number of nitrogens with two attached hydrogens (primary N) is 1. The summed E-state index contributed by atoms with van der Waals surface area (Å²) in [5.74, 6) is 0. The van der Waals surface area contributed by atoms with E-state index in [1.807, 2.05) is 30.3 Å². The molecular formula is C15H14ClN5. The molecule has 0 atom stereocenters. The van der Waals surface area contributed by atoms with Crippen molar-refractivity contribution in [2.24, 2.45) is 5.73 Å². The Hall–Kier alpha value is -2.24. The van der Waals surface area contributed by atoms with Gasteiger partial charge in [0.2, 0.25) is 0 Å². The van der Waals surface area contributed by atoms with Gasteiger partial charge < -0.3 is 5.73 Å². The van der Waals surface area contributed by atoms with Crippen LogP contribution in [0.2, 0.25) is 5.02 Å². The minimum atomic E-state index is 0.542. The van der Waals surface area contributed by atoms with E-state index in [0.29, 0.717) is 18.0 Å². The molecule has 0 aliphatic rings. The molecule has 6 heteroatoms. The Morgan fingerprint density at radius 1 is 1.14 bits per heavy atom. The number of rotatable bonds is 4. The normalized spacial score (nSPS) is 10.8. The molecule has 3 N–H and O–H groups in total. The van der Waals surface area contributed by atoms with Crippen LogP contribution in [0.5, 0.6) is 0 Å². The van der Waals surface area contributed by atoms with E-state index in [-0.39, 0.29) is 0 Å². The summed E-state index contributed by atoms with van der Waals surface area (Å²) >= 11 is 5.95. The number of nitrogens with one attached hydrogen (secondary N) is 1. The number of nitrogens with zero attached hydrogens (tertiary/aromatic N) is 3. The fraction of sp³-hybridized carbons (Fsp3) is 0.133. The molecule has 3 aromatic rings. The van der Waals surface area contributed by atoms with E-state index in [1.165, 1.54) is 6.33 Å². The molecule has 0 aliphatic heterocycles. The summed E-state index contributed by atoms with van der Waals surface area (Å²) in [6.45, 7) is 0.542. The fourth-order valence-corrected chi connectivity index (χ4v) is 2.36. The van der Waals surface area contributed by atoms with Crippen LogP contribution in [-0.4, -0.2) is 26.7 Å². The SMILES string of the molecule is NCCc1[nH]nc(-c2ccc(Cl)cc2)c1-c1ccncn1. The molecule has 0 fully saturated rings. The predicted molar refractivity (Wildman–Crippen MR) is 82.8 cm³/mol. The largest absolute Gasteiger partial charge is 0.330 e. The highest BCUT2D eigenvalue weighted by Gasteiger charge is 2.17. The molecule has 2 heterocycles. The van der Waals surface area contributed by atoms with E-state index in [0.717, 1.165) is 28.2 Å². The van der Waals surface area contributed by atoms with Crippen LogP contribution >= 0.6 is 11.6 Å². The third-order valence-corrected chi connectivity index (χ3v) is 3.44. The van der Waals surface area contributed by atoms with E-state index in [9.17, 15) is 0 Å². The highest BCUT2D eigenvalue weighted by atomic mass is 35.5. The van der Waals surface area contributed by atoms with Gasteiger partial charge >= 0.3 is 0 Å². The van der Waals surface area contributed by atoms with E-state index in [4.69, 9.17) is 17.3 Å². The van der Waals surface area contributed by atoms with Crippen molar-refractivity contribution in [3.8, 4) is 22.5 Å². The molecule has 1 aromatic carbocycles. The van der Waals surface area contributed by atoms with Crippen LogP contribution in [0, 0.1) is 0 Å². The van der Waals surface area contributed by atoms with Crippen molar-refractivity contribution < 1.29 is 0 Å². The van der Waals surface area contributed by atoms with Crippen LogP contribution in [0.3, 0.4) is 0 Å². The molecule has 21 heavy (non-hydrogen) atoms. The topological polar surface area (TPSA) is 80.5 Å². The van der Waals surface area contributed by atoms with Crippen molar-refractivity contribution >= 4 is 11.6 Å². The van der Waals surface area contributed by atoms with Crippen LogP contribution in [0.1, 0.15) is 5.69 Å². The molecule has 0 bridgehead atoms. The lowest BCUT2D eigenvalue weighted by Crippen LogP contribution is -2.04. The Balaban J connectivity index is 2.15. The first kappa shape index (κ1) is 13.7. The Morgan fingerprint density at radius 2 is 1.95 bits per heavy atom. The Bertz CT molecular complexity index is 722. The number of halogens is 1. The van der Waals surface area contributed by atoms with Gasteiger partial charge in [-0.1, -0.05) is 23.7 Å². The predicted octanol–water partition coefficient (Wildman–Crippen LogP) is 2.69. The molecule has 3 rings (SSSR count). The third kappa shape index (κ3) is 2.79. The Kier molecular flexibility index (Phi) is 3.94. The lowest BCUT2D eigenvalue weighted by molar-refractivity contribution is 0.902. The van der Waals surface area contributed by atoms with Gasteiger partial charge in [0.25, 0.3) is 0 Å². The van der Waals surface area contributed by atoms with Gasteiger partial charge in [-0.05, 0) is 24.7 Å². The van der Waals surface area contributed by atoms with Crippen molar-refractivity contribution in [1.29, 1.82) is 0 Å². The summed E-state index contributed by atoms with van der Waals surface area (Å²) in [6, 6.07) is 9.44. The van der Waals surface area contributed by atoms with Crippen molar-refractivity contribution in [3.05, 3.63) is 53.6 Å². The minimum Gasteiger partial charge on any atom is -0.330 e. The van der Waals surface area contributed by atoms with Crippen molar-refractivity contribution in [2.75, 3.05) is 6.54 Å². The molecule has 5 nitrogen and oxygen atoms in total. The average molecular weight is 300 g/mol.